The molecule has 0 fully saturated rings. The summed E-state index contributed by atoms with van der Waals surface area (Å²) < 4.78 is 17.5. The summed E-state index contributed by atoms with van der Waals surface area (Å²) in [6, 6.07) is 8.59. The summed E-state index contributed by atoms with van der Waals surface area (Å²) in [5.41, 5.74) is 0.698. The minimum Gasteiger partial charge on any atom is -0.488 e. The van der Waals surface area contributed by atoms with Crippen molar-refractivity contribution in [1.29, 1.82) is 0 Å². The Kier molecular flexibility index (Phi) is 16.5. The molecule has 0 N–H and O–H groups in total. The van der Waals surface area contributed by atoms with Crippen molar-refractivity contribution in [1.82, 2.24) is 0 Å². The molecule has 0 atom stereocenters. The standard InChI is InChI=1S/C32H54O4/c1-7-9-10-11-12-13-14-15-16-17-19-28-20-22-29(23-21-28)36-32(5,6)25-27-35-31(3,4)24-26-34-30(33)18-8-2/h8,20-23H,2,7,9-19,24-27H2,1,3-6H3. The molecule has 206 valence electrons. The van der Waals surface area contributed by atoms with Crippen LogP contribution in [0.15, 0.2) is 36.9 Å². The first-order valence-corrected chi connectivity index (χ1v) is 14.4. The molecule has 0 unspecified atom stereocenters. The van der Waals surface area contributed by atoms with Crippen molar-refractivity contribution in [3.8, 4) is 5.75 Å². The number of hydrogen-bond acceptors (Lipinski definition) is 4. The van der Waals surface area contributed by atoms with Crippen LogP contribution in [0.1, 0.15) is 124 Å². The van der Waals surface area contributed by atoms with Crippen LogP contribution in [0.25, 0.3) is 0 Å². The molecular weight excluding hydrogens is 448 g/mol. The van der Waals surface area contributed by atoms with Crippen molar-refractivity contribution in [3.05, 3.63) is 42.5 Å². The monoisotopic (exact) mass is 502 g/mol. The van der Waals surface area contributed by atoms with Gasteiger partial charge in [-0.1, -0.05) is 82.9 Å². The highest BCUT2D eigenvalue weighted by Gasteiger charge is 2.24. The smallest absolute Gasteiger partial charge is 0.309 e. The first-order valence-electron chi connectivity index (χ1n) is 14.4. The van der Waals surface area contributed by atoms with Crippen molar-refractivity contribution >= 4 is 5.97 Å². The van der Waals surface area contributed by atoms with Gasteiger partial charge in [0, 0.05) is 12.8 Å². The lowest BCUT2D eigenvalue weighted by molar-refractivity contribution is -0.144. The van der Waals surface area contributed by atoms with E-state index in [1.807, 2.05) is 13.8 Å². The van der Waals surface area contributed by atoms with Crippen LogP contribution < -0.4 is 4.74 Å². The van der Waals surface area contributed by atoms with Crippen LogP contribution in [-0.4, -0.2) is 30.4 Å². The zero-order valence-electron chi connectivity index (χ0n) is 24.0. The Bertz CT molecular complexity index is 705. The molecule has 0 heterocycles. The summed E-state index contributed by atoms with van der Waals surface area (Å²) in [6.07, 6.45) is 18.1. The van der Waals surface area contributed by atoms with Gasteiger partial charge >= 0.3 is 5.97 Å². The van der Waals surface area contributed by atoms with Gasteiger partial charge < -0.3 is 14.2 Å². The van der Waals surface area contributed by atoms with Crippen LogP contribution in [-0.2, 0) is 20.7 Å². The van der Waals surface area contributed by atoms with Crippen LogP contribution in [0.5, 0.6) is 5.75 Å². The Morgan fingerprint density at radius 2 is 1.36 bits per heavy atom. The van der Waals surface area contributed by atoms with E-state index in [9.17, 15) is 4.79 Å². The van der Waals surface area contributed by atoms with Gasteiger partial charge in [0.25, 0.3) is 0 Å². The van der Waals surface area contributed by atoms with E-state index in [0.717, 1.165) is 18.6 Å². The molecule has 36 heavy (non-hydrogen) atoms. The third-order valence-electron chi connectivity index (χ3n) is 6.61. The van der Waals surface area contributed by atoms with Gasteiger partial charge in [-0.3, -0.25) is 4.79 Å². The van der Waals surface area contributed by atoms with Gasteiger partial charge in [-0.15, -0.1) is 6.58 Å². The molecular formula is C32H54O4. The summed E-state index contributed by atoms with van der Waals surface area (Å²) in [5, 5.41) is 0. The summed E-state index contributed by atoms with van der Waals surface area (Å²) in [5.74, 6) is 0.657. The lowest BCUT2D eigenvalue weighted by Crippen LogP contribution is -2.33. The molecule has 0 amide bonds. The molecule has 0 aliphatic heterocycles. The lowest BCUT2D eigenvalue weighted by Gasteiger charge is -2.30. The van der Waals surface area contributed by atoms with E-state index in [2.05, 4.69) is 51.6 Å². The maximum Gasteiger partial charge on any atom is 0.309 e. The number of benzene rings is 1. The first-order chi connectivity index (χ1) is 17.2. The average Bonchev–Trinajstić information content (AvgIpc) is 2.81. The molecule has 0 radical (unpaired) electrons. The number of ether oxygens (including phenoxy) is 3. The minimum atomic E-state index is -0.360. The Morgan fingerprint density at radius 1 is 0.806 bits per heavy atom. The Labute approximate surface area is 222 Å². The predicted molar refractivity (Wildman–Crippen MR) is 152 cm³/mol. The molecule has 1 aromatic carbocycles. The zero-order chi connectivity index (χ0) is 26.7. The van der Waals surface area contributed by atoms with E-state index < -0.39 is 0 Å². The Morgan fingerprint density at radius 3 is 1.94 bits per heavy atom. The molecule has 1 aromatic rings. The number of aryl methyl sites for hydroxylation is 1. The molecule has 4 nitrogen and oxygen atoms in total. The predicted octanol–water partition coefficient (Wildman–Crippen LogP) is 9.00. The lowest BCUT2D eigenvalue weighted by atomic mass is 10.0. The summed E-state index contributed by atoms with van der Waals surface area (Å²) in [6.45, 7) is 15.0. The van der Waals surface area contributed by atoms with Gasteiger partial charge in [0.05, 0.1) is 25.2 Å². The highest BCUT2D eigenvalue weighted by Crippen LogP contribution is 2.24. The van der Waals surface area contributed by atoms with Gasteiger partial charge in [-0.2, -0.15) is 0 Å². The quantitative estimate of drug-likeness (QED) is 0.0901. The van der Waals surface area contributed by atoms with Crippen molar-refractivity contribution in [2.45, 2.75) is 136 Å². The van der Waals surface area contributed by atoms with Gasteiger partial charge in [0.1, 0.15) is 11.4 Å². The second-order valence-corrected chi connectivity index (χ2v) is 11.3. The van der Waals surface area contributed by atoms with Gasteiger partial charge in [-0.05, 0) is 58.2 Å². The van der Waals surface area contributed by atoms with Crippen LogP contribution in [0.2, 0.25) is 0 Å². The summed E-state index contributed by atoms with van der Waals surface area (Å²) >= 11 is 0. The summed E-state index contributed by atoms with van der Waals surface area (Å²) in [7, 11) is 0. The van der Waals surface area contributed by atoms with Gasteiger partial charge in [-0.25, -0.2) is 0 Å². The number of hydrogen-bond donors (Lipinski definition) is 0. The van der Waals surface area contributed by atoms with Crippen LogP contribution in [0.3, 0.4) is 0 Å². The van der Waals surface area contributed by atoms with E-state index in [1.54, 1.807) is 6.08 Å². The molecule has 0 spiro atoms. The molecule has 0 aromatic heterocycles. The third kappa shape index (κ3) is 16.8. The Balaban J connectivity index is 2.22. The second-order valence-electron chi connectivity index (χ2n) is 11.3. The van der Waals surface area contributed by atoms with Crippen molar-refractivity contribution in [2.24, 2.45) is 0 Å². The minimum absolute atomic E-state index is 0.243. The highest BCUT2D eigenvalue weighted by molar-refractivity contribution is 5.70. The Hall–Kier alpha value is -1.81. The largest absolute Gasteiger partial charge is 0.488 e. The van der Waals surface area contributed by atoms with Crippen LogP contribution in [0, 0.1) is 0 Å². The SMILES string of the molecule is C=CCC(=O)OCCC(C)(C)OCCC(C)(C)Oc1ccc(CCCCCCCCCCCC)cc1. The fourth-order valence-electron chi connectivity index (χ4n) is 4.14. The molecule has 4 heteroatoms. The maximum absolute atomic E-state index is 11.5. The number of rotatable bonds is 22. The second kappa shape index (κ2) is 18.4. The van der Waals surface area contributed by atoms with Crippen LogP contribution in [0.4, 0.5) is 0 Å². The van der Waals surface area contributed by atoms with E-state index in [-0.39, 0.29) is 23.6 Å². The zero-order valence-corrected chi connectivity index (χ0v) is 24.0. The van der Waals surface area contributed by atoms with E-state index in [1.165, 1.54) is 69.8 Å². The van der Waals surface area contributed by atoms with Gasteiger partial charge in [0.2, 0.25) is 0 Å². The highest BCUT2D eigenvalue weighted by atomic mass is 16.5. The molecule has 0 saturated carbocycles. The van der Waals surface area contributed by atoms with Crippen molar-refractivity contribution in [3.63, 3.8) is 0 Å². The fraction of sp³-hybridized carbons (Fsp3) is 0.719. The molecule has 1 rings (SSSR count). The van der Waals surface area contributed by atoms with Gasteiger partial charge in [0.15, 0.2) is 0 Å². The number of carbonyl (C=O) groups is 1. The van der Waals surface area contributed by atoms with E-state index in [4.69, 9.17) is 14.2 Å². The van der Waals surface area contributed by atoms with E-state index >= 15 is 0 Å². The molecule has 0 aliphatic carbocycles. The maximum atomic E-state index is 11.5. The van der Waals surface area contributed by atoms with Crippen LogP contribution >= 0.6 is 0 Å². The molecule has 0 saturated heterocycles. The number of unbranched alkanes of at least 4 members (excludes halogenated alkanes) is 9. The fourth-order valence-corrected chi connectivity index (χ4v) is 4.14. The average molecular weight is 503 g/mol. The first kappa shape index (κ1) is 32.2. The normalized spacial score (nSPS) is 11.9. The van der Waals surface area contributed by atoms with Crippen molar-refractivity contribution in [2.75, 3.05) is 13.2 Å². The van der Waals surface area contributed by atoms with Crippen molar-refractivity contribution < 1.29 is 19.0 Å². The number of carbonyl (C=O) groups excluding carboxylic acids is 1. The van der Waals surface area contributed by atoms with E-state index in [0.29, 0.717) is 19.6 Å². The molecule has 0 bridgehead atoms. The number of esters is 1. The summed E-state index contributed by atoms with van der Waals surface area (Å²) in [4.78, 5) is 11.5. The molecule has 0 aliphatic rings. The third-order valence-corrected chi connectivity index (χ3v) is 6.61. The topological polar surface area (TPSA) is 44.8 Å².